The van der Waals surface area contributed by atoms with Crippen molar-refractivity contribution in [1.82, 2.24) is 5.43 Å². The molecule has 24 heavy (non-hydrogen) atoms. The number of hydrazone groups is 1. The summed E-state index contributed by atoms with van der Waals surface area (Å²) in [6.45, 7) is 2.78. The zero-order valence-corrected chi connectivity index (χ0v) is 14.7. The predicted molar refractivity (Wildman–Crippen MR) is 105 cm³/mol. The molecule has 0 heterocycles. The number of hydrogen-bond acceptors (Lipinski definition) is 4. The third-order valence-electron chi connectivity index (χ3n) is 3.46. The van der Waals surface area contributed by atoms with E-state index in [1.807, 2.05) is 67.4 Å². The Morgan fingerprint density at radius 2 is 1.83 bits per heavy atom. The first kappa shape index (κ1) is 17.9. The molecule has 0 aliphatic heterocycles. The molecule has 0 aliphatic rings. The van der Waals surface area contributed by atoms with Crippen LogP contribution >= 0.6 is 12.2 Å². The molecular formula is C18H22N4OS. The lowest BCUT2D eigenvalue weighted by atomic mass is 10.2. The standard InChI is InChI=1S/C18H22N4OS/c1-14-3-7-16(8-4-14)20-18(24)21-19-13-15-5-9-17(10-6-15)22(2)11-12-23/h3-10,13,23H,11-12H2,1-2H3,(H2,20,21,24)/b19-13-. The van der Waals surface area contributed by atoms with E-state index in [2.05, 4.69) is 15.8 Å². The molecule has 0 amide bonds. The van der Waals surface area contributed by atoms with Crippen molar-refractivity contribution in [2.75, 3.05) is 30.4 Å². The number of benzene rings is 2. The van der Waals surface area contributed by atoms with Gasteiger partial charge in [-0.05, 0) is 49.0 Å². The zero-order valence-electron chi connectivity index (χ0n) is 13.9. The van der Waals surface area contributed by atoms with Gasteiger partial charge >= 0.3 is 0 Å². The third-order valence-corrected chi connectivity index (χ3v) is 3.65. The minimum absolute atomic E-state index is 0.134. The molecule has 0 bridgehead atoms. The molecule has 2 rings (SSSR count). The number of anilines is 2. The first-order valence-electron chi connectivity index (χ1n) is 7.67. The highest BCUT2D eigenvalue weighted by Gasteiger charge is 1.99. The van der Waals surface area contributed by atoms with E-state index in [0.29, 0.717) is 11.7 Å². The fraction of sp³-hybridized carbons (Fsp3) is 0.222. The maximum absolute atomic E-state index is 8.95. The molecule has 0 spiro atoms. The van der Waals surface area contributed by atoms with Crippen molar-refractivity contribution in [3.8, 4) is 0 Å². The minimum atomic E-state index is 0.134. The summed E-state index contributed by atoms with van der Waals surface area (Å²) in [7, 11) is 1.94. The van der Waals surface area contributed by atoms with Crippen LogP contribution in [-0.4, -0.2) is 36.6 Å². The number of thiocarbonyl (C=S) groups is 1. The molecule has 3 N–H and O–H groups in total. The van der Waals surface area contributed by atoms with Crippen molar-refractivity contribution < 1.29 is 5.11 Å². The summed E-state index contributed by atoms with van der Waals surface area (Å²) in [5.74, 6) is 0. The lowest BCUT2D eigenvalue weighted by molar-refractivity contribution is 0.304. The molecular weight excluding hydrogens is 320 g/mol. The van der Waals surface area contributed by atoms with Crippen molar-refractivity contribution in [2.45, 2.75) is 6.92 Å². The van der Waals surface area contributed by atoms with Gasteiger partial charge < -0.3 is 15.3 Å². The number of nitrogens with one attached hydrogen (secondary N) is 2. The van der Waals surface area contributed by atoms with E-state index >= 15 is 0 Å². The van der Waals surface area contributed by atoms with Crippen molar-refractivity contribution in [2.24, 2.45) is 5.10 Å². The van der Waals surface area contributed by atoms with Crippen LogP contribution in [0.3, 0.4) is 0 Å². The number of aliphatic hydroxyl groups excluding tert-OH is 1. The van der Waals surface area contributed by atoms with Crippen LogP contribution in [0.1, 0.15) is 11.1 Å². The Morgan fingerprint density at radius 3 is 2.46 bits per heavy atom. The molecule has 2 aromatic carbocycles. The van der Waals surface area contributed by atoms with E-state index in [4.69, 9.17) is 17.3 Å². The molecule has 0 aromatic heterocycles. The molecule has 6 heteroatoms. The summed E-state index contributed by atoms with van der Waals surface area (Å²) in [4.78, 5) is 1.99. The summed E-state index contributed by atoms with van der Waals surface area (Å²) in [5.41, 5.74) is 6.93. The summed E-state index contributed by atoms with van der Waals surface area (Å²) >= 11 is 5.20. The SMILES string of the molecule is Cc1ccc(NC(=S)N/N=C\c2ccc(N(C)CCO)cc2)cc1. The number of rotatable bonds is 6. The van der Waals surface area contributed by atoms with Crippen LogP contribution in [-0.2, 0) is 0 Å². The second-order valence-electron chi connectivity index (χ2n) is 5.43. The first-order valence-corrected chi connectivity index (χ1v) is 8.08. The van der Waals surface area contributed by atoms with E-state index in [9.17, 15) is 0 Å². The highest BCUT2D eigenvalue weighted by molar-refractivity contribution is 7.80. The van der Waals surface area contributed by atoms with Gasteiger partial charge in [-0.1, -0.05) is 29.8 Å². The van der Waals surface area contributed by atoms with Gasteiger partial charge in [0.2, 0.25) is 0 Å². The smallest absolute Gasteiger partial charge is 0.191 e. The van der Waals surface area contributed by atoms with Crippen molar-refractivity contribution in [3.05, 3.63) is 59.7 Å². The highest BCUT2D eigenvalue weighted by Crippen LogP contribution is 2.12. The van der Waals surface area contributed by atoms with Gasteiger partial charge in [-0.3, -0.25) is 5.43 Å². The lowest BCUT2D eigenvalue weighted by Crippen LogP contribution is -2.23. The molecule has 0 atom stereocenters. The van der Waals surface area contributed by atoms with Gasteiger partial charge in [-0.15, -0.1) is 0 Å². The fourth-order valence-corrected chi connectivity index (χ4v) is 2.23. The maximum Gasteiger partial charge on any atom is 0.191 e. The van der Waals surface area contributed by atoms with Gasteiger partial charge in [-0.2, -0.15) is 5.10 Å². The van der Waals surface area contributed by atoms with Crippen LogP contribution in [0.2, 0.25) is 0 Å². The molecule has 0 fully saturated rings. The van der Waals surface area contributed by atoms with E-state index in [1.165, 1.54) is 5.56 Å². The summed E-state index contributed by atoms with van der Waals surface area (Å²) in [5, 5.41) is 16.6. The van der Waals surface area contributed by atoms with Crippen molar-refractivity contribution in [1.29, 1.82) is 0 Å². The van der Waals surface area contributed by atoms with Crippen molar-refractivity contribution in [3.63, 3.8) is 0 Å². The van der Waals surface area contributed by atoms with Gasteiger partial charge in [0.25, 0.3) is 0 Å². The van der Waals surface area contributed by atoms with E-state index in [1.54, 1.807) is 6.21 Å². The Morgan fingerprint density at radius 1 is 1.17 bits per heavy atom. The monoisotopic (exact) mass is 342 g/mol. The van der Waals surface area contributed by atoms with E-state index in [0.717, 1.165) is 16.9 Å². The molecule has 0 saturated heterocycles. The highest BCUT2D eigenvalue weighted by atomic mass is 32.1. The molecule has 0 radical (unpaired) electrons. The van der Waals surface area contributed by atoms with Crippen LogP contribution in [0.15, 0.2) is 53.6 Å². The Hall–Kier alpha value is -2.44. The average molecular weight is 342 g/mol. The van der Waals surface area contributed by atoms with Crippen molar-refractivity contribution >= 4 is 34.9 Å². The van der Waals surface area contributed by atoms with Crippen LogP contribution in [0, 0.1) is 6.92 Å². The summed E-state index contributed by atoms with van der Waals surface area (Å²) in [6, 6.07) is 15.9. The van der Waals surface area contributed by atoms with Crippen LogP contribution in [0.4, 0.5) is 11.4 Å². The average Bonchev–Trinajstić information content (AvgIpc) is 2.58. The van der Waals surface area contributed by atoms with Gasteiger partial charge in [0.05, 0.1) is 12.8 Å². The zero-order chi connectivity index (χ0) is 17.4. The largest absolute Gasteiger partial charge is 0.395 e. The quantitative estimate of drug-likeness (QED) is 0.428. The summed E-state index contributed by atoms with van der Waals surface area (Å²) < 4.78 is 0. The minimum Gasteiger partial charge on any atom is -0.395 e. The van der Waals surface area contributed by atoms with Crippen LogP contribution in [0.25, 0.3) is 0 Å². The maximum atomic E-state index is 8.95. The molecule has 0 unspecified atom stereocenters. The van der Waals surface area contributed by atoms with Gasteiger partial charge in [0.1, 0.15) is 0 Å². The number of aliphatic hydroxyl groups is 1. The molecule has 5 nitrogen and oxygen atoms in total. The van der Waals surface area contributed by atoms with Crippen LogP contribution < -0.4 is 15.6 Å². The topological polar surface area (TPSA) is 59.9 Å². The molecule has 0 aliphatic carbocycles. The predicted octanol–water partition coefficient (Wildman–Crippen LogP) is 2.74. The summed E-state index contributed by atoms with van der Waals surface area (Å²) in [6.07, 6.45) is 1.71. The third kappa shape index (κ3) is 5.64. The lowest BCUT2D eigenvalue weighted by Gasteiger charge is -2.17. The van der Waals surface area contributed by atoms with Gasteiger partial charge in [0.15, 0.2) is 5.11 Å². The van der Waals surface area contributed by atoms with Gasteiger partial charge in [-0.25, -0.2) is 0 Å². The Kier molecular flexibility index (Phi) is 6.72. The second kappa shape index (κ2) is 9.00. The Bertz CT molecular complexity index is 683. The molecule has 0 saturated carbocycles. The normalized spacial score (nSPS) is 10.6. The number of likely N-dealkylation sites (N-methyl/N-ethyl adjacent to an activating group) is 1. The van der Waals surface area contributed by atoms with Gasteiger partial charge in [0, 0.05) is 25.0 Å². The Balaban J connectivity index is 1.84. The fourth-order valence-electron chi connectivity index (χ4n) is 2.06. The Labute approximate surface area is 148 Å². The second-order valence-corrected chi connectivity index (χ2v) is 5.84. The molecule has 2 aromatic rings. The number of nitrogens with zero attached hydrogens (tertiary/aromatic N) is 2. The van der Waals surface area contributed by atoms with Crippen LogP contribution in [0.5, 0.6) is 0 Å². The first-order chi connectivity index (χ1) is 11.6. The number of hydrogen-bond donors (Lipinski definition) is 3. The number of aryl methyl sites for hydroxylation is 1. The van der Waals surface area contributed by atoms with E-state index in [-0.39, 0.29) is 6.61 Å². The van der Waals surface area contributed by atoms with E-state index < -0.39 is 0 Å². The molecule has 126 valence electrons.